The third-order valence-corrected chi connectivity index (χ3v) is 5.93. The summed E-state index contributed by atoms with van der Waals surface area (Å²) in [4.78, 5) is 30.2. The minimum atomic E-state index is -2.91. The molecular weight excluding hydrogens is 445 g/mol. The van der Waals surface area contributed by atoms with Crippen LogP contribution in [0.2, 0.25) is 0 Å². The van der Waals surface area contributed by atoms with Gasteiger partial charge >= 0.3 is 0 Å². The van der Waals surface area contributed by atoms with Crippen LogP contribution in [0.1, 0.15) is 59.5 Å². The molecule has 1 fully saturated rings. The standard InChI is InChI=1S/C24H27F3N6O/c1-13(15-8-7-9-16(19(15)25)20(26)27)28-21-17-12-18(24(34)32(3)4)23(33-10-5-6-11-33)31-22(17)30-14(2)29-21/h7-9,12-13,20H,5-6,10-11H2,1-4H3,(H,28,29,30,31)/t13-/m1/s1. The molecule has 3 heterocycles. The summed E-state index contributed by atoms with van der Waals surface area (Å²) in [5.41, 5.74) is 0.272. The number of rotatable bonds is 6. The number of nitrogens with one attached hydrogen (secondary N) is 1. The summed E-state index contributed by atoms with van der Waals surface area (Å²) >= 11 is 0. The van der Waals surface area contributed by atoms with E-state index >= 15 is 0 Å². The molecule has 1 aromatic carbocycles. The molecule has 34 heavy (non-hydrogen) atoms. The van der Waals surface area contributed by atoms with Crippen molar-refractivity contribution in [1.29, 1.82) is 0 Å². The van der Waals surface area contributed by atoms with Crippen molar-refractivity contribution in [2.45, 2.75) is 39.2 Å². The lowest BCUT2D eigenvalue weighted by atomic mass is 10.0. The molecule has 180 valence electrons. The summed E-state index contributed by atoms with van der Waals surface area (Å²) in [6.45, 7) is 4.98. The molecule has 0 bridgehead atoms. The molecule has 1 aliphatic rings. The number of carbonyl (C=O) groups is 1. The highest BCUT2D eigenvalue weighted by Crippen LogP contribution is 2.32. The summed E-state index contributed by atoms with van der Waals surface area (Å²) in [5, 5.41) is 3.62. The highest BCUT2D eigenvalue weighted by atomic mass is 19.3. The molecule has 0 unspecified atom stereocenters. The van der Waals surface area contributed by atoms with Gasteiger partial charge in [0, 0.05) is 32.7 Å². The second kappa shape index (κ2) is 9.44. The first-order valence-electron chi connectivity index (χ1n) is 11.2. The Morgan fingerprint density at radius 2 is 1.79 bits per heavy atom. The van der Waals surface area contributed by atoms with Gasteiger partial charge in [-0.1, -0.05) is 18.2 Å². The average Bonchev–Trinajstić information content (AvgIpc) is 3.32. The fourth-order valence-electron chi connectivity index (χ4n) is 4.19. The van der Waals surface area contributed by atoms with Crippen LogP contribution in [-0.2, 0) is 0 Å². The Hall–Kier alpha value is -3.43. The Labute approximate surface area is 196 Å². The Morgan fingerprint density at radius 1 is 1.12 bits per heavy atom. The van der Waals surface area contributed by atoms with Gasteiger partial charge in [-0.3, -0.25) is 4.79 Å². The predicted octanol–water partition coefficient (Wildman–Crippen LogP) is 4.89. The largest absolute Gasteiger partial charge is 0.363 e. The van der Waals surface area contributed by atoms with Crippen LogP contribution < -0.4 is 10.2 Å². The number of alkyl halides is 2. The van der Waals surface area contributed by atoms with Crippen LogP contribution in [0.5, 0.6) is 0 Å². The van der Waals surface area contributed by atoms with Crippen LogP contribution in [0.4, 0.5) is 24.8 Å². The lowest BCUT2D eigenvalue weighted by Gasteiger charge is -2.23. The van der Waals surface area contributed by atoms with Crippen molar-refractivity contribution in [2.75, 3.05) is 37.4 Å². The Morgan fingerprint density at radius 3 is 2.44 bits per heavy atom. The average molecular weight is 473 g/mol. The van der Waals surface area contributed by atoms with Crippen LogP contribution >= 0.6 is 0 Å². The smallest absolute Gasteiger partial charge is 0.266 e. The van der Waals surface area contributed by atoms with Crippen molar-refractivity contribution in [1.82, 2.24) is 19.9 Å². The zero-order chi connectivity index (χ0) is 24.6. The number of halogens is 3. The number of hydrogen-bond acceptors (Lipinski definition) is 6. The van der Waals surface area contributed by atoms with Crippen molar-refractivity contribution in [2.24, 2.45) is 0 Å². The lowest BCUT2D eigenvalue weighted by molar-refractivity contribution is 0.0828. The van der Waals surface area contributed by atoms with E-state index in [9.17, 15) is 18.0 Å². The summed E-state index contributed by atoms with van der Waals surface area (Å²) in [6, 6.07) is 4.96. The molecule has 0 radical (unpaired) electrons. The molecule has 1 N–H and O–H groups in total. The first kappa shape index (κ1) is 23.7. The van der Waals surface area contributed by atoms with Gasteiger partial charge < -0.3 is 15.1 Å². The minimum Gasteiger partial charge on any atom is -0.363 e. The number of carbonyl (C=O) groups excluding carboxylic acids is 1. The topological polar surface area (TPSA) is 74.2 Å². The highest BCUT2D eigenvalue weighted by molar-refractivity contribution is 6.03. The number of fused-ring (bicyclic) bond motifs is 1. The maximum Gasteiger partial charge on any atom is 0.266 e. The van der Waals surface area contributed by atoms with E-state index in [1.807, 2.05) is 0 Å². The molecule has 0 aliphatic carbocycles. The number of aryl methyl sites for hydroxylation is 1. The number of anilines is 2. The number of benzene rings is 1. The van der Waals surface area contributed by atoms with Crippen LogP contribution in [0.15, 0.2) is 24.3 Å². The number of nitrogens with zero attached hydrogens (tertiary/aromatic N) is 5. The van der Waals surface area contributed by atoms with E-state index in [0.29, 0.717) is 34.1 Å². The van der Waals surface area contributed by atoms with Crippen molar-refractivity contribution in [3.63, 3.8) is 0 Å². The van der Waals surface area contributed by atoms with E-state index in [-0.39, 0.29) is 11.5 Å². The molecule has 0 spiro atoms. The Balaban J connectivity index is 1.81. The normalized spacial score (nSPS) is 14.6. The highest BCUT2D eigenvalue weighted by Gasteiger charge is 2.25. The quantitative estimate of drug-likeness (QED) is 0.551. The molecule has 1 aliphatic heterocycles. The van der Waals surface area contributed by atoms with Gasteiger partial charge in [0.15, 0.2) is 5.65 Å². The monoisotopic (exact) mass is 472 g/mol. The van der Waals surface area contributed by atoms with Crippen molar-refractivity contribution in [3.8, 4) is 0 Å². The van der Waals surface area contributed by atoms with Gasteiger partial charge in [0.05, 0.1) is 22.6 Å². The maximum atomic E-state index is 14.7. The molecular formula is C24H27F3N6O. The molecule has 4 rings (SSSR count). The molecule has 2 aromatic heterocycles. The molecule has 3 aromatic rings. The summed E-state index contributed by atoms with van der Waals surface area (Å²) in [6.07, 6.45) is -0.876. The Bertz CT molecular complexity index is 1230. The second-order valence-corrected chi connectivity index (χ2v) is 8.66. The molecule has 7 nitrogen and oxygen atoms in total. The van der Waals surface area contributed by atoms with Gasteiger partial charge in [0.25, 0.3) is 12.3 Å². The van der Waals surface area contributed by atoms with Gasteiger partial charge in [0.2, 0.25) is 0 Å². The molecule has 1 saturated heterocycles. The van der Waals surface area contributed by atoms with E-state index < -0.39 is 23.8 Å². The van der Waals surface area contributed by atoms with Crippen LogP contribution in [0.25, 0.3) is 11.0 Å². The minimum absolute atomic E-state index is 0.0912. The van der Waals surface area contributed by atoms with Gasteiger partial charge in [-0.05, 0) is 32.8 Å². The van der Waals surface area contributed by atoms with Crippen molar-refractivity contribution < 1.29 is 18.0 Å². The first-order valence-corrected chi connectivity index (χ1v) is 11.2. The zero-order valence-corrected chi connectivity index (χ0v) is 19.6. The van der Waals surface area contributed by atoms with Gasteiger partial charge in [-0.15, -0.1) is 0 Å². The number of amides is 1. The van der Waals surface area contributed by atoms with E-state index in [0.717, 1.165) is 32.0 Å². The summed E-state index contributed by atoms with van der Waals surface area (Å²) in [5.74, 6) is 0.217. The third kappa shape index (κ3) is 4.49. The zero-order valence-electron chi connectivity index (χ0n) is 19.6. The summed E-state index contributed by atoms with van der Waals surface area (Å²) in [7, 11) is 3.35. The van der Waals surface area contributed by atoms with E-state index in [1.165, 1.54) is 17.0 Å². The molecule has 1 atom stereocenters. The Kier molecular flexibility index (Phi) is 6.58. The first-order chi connectivity index (χ1) is 16.2. The third-order valence-electron chi connectivity index (χ3n) is 5.93. The molecule has 1 amide bonds. The predicted molar refractivity (Wildman–Crippen MR) is 125 cm³/mol. The number of aromatic nitrogens is 3. The number of hydrogen-bond donors (Lipinski definition) is 1. The van der Waals surface area contributed by atoms with Gasteiger partial charge in [-0.25, -0.2) is 28.1 Å². The van der Waals surface area contributed by atoms with Crippen LogP contribution in [0.3, 0.4) is 0 Å². The second-order valence-electron chi connectivity index (χ2n) is 8.66. The lowest BCUT2D eigenvalue weighted by Crippen LogP contribution is -2.28. The fraction of sp³-hybridized carbons (Fsp3) is 0.417. The van der Waals surface area contributed by atoms with E-state index in [1.54, 1.807) is 34.0 Å². The maximum absolute atomic E-state index is 14.7. The van der Waals surface area contributed by atoms with Crippen molar-refractivity contribution >= 4 is 28.6 Å². The SMILES string of the molecule is Cc1nc(N[C@H](C)c2cccc(C(F)F)c2F)c2cc(C(=O)N(C)C)c(N3CCCC3)nc2n1. The van der Waals surface area contributed by atoms with Gasteiger partial charge in [0.1, 0.15) is 23.3 Å². The summed E-state index contributed by atoms with van der Waals surface area (Å²) < 4.78 is 41.1. The van der Waals surface area contributed by atoms with E-state index in [2.05, 4.69) is 20.2 Å². The van der Waals surface area contributed by atoms with Crippen molar-refractivity contribution in [3.05, 3.63) is 52.6 Å². The van der Waals surface area contributed by atoms with E-state index in [4.69, 9.17) is 4.98 Å². The number of pyridine rings is 1. The molecule has 0 saturated carbocycles. The van der Waals surface area contributed by atoms with Crippen LogP contribution in [-0.4, -0.2) is 52.9 Å². The van der Waals surface area contributed by atoms with Crippen LogP contribution in [0, 0.1) is 12.7 Å². The van der Waals surface area contributed by atoms with Gasteiger partial charge in [-0.2, -0.15) is 0 Å². The molecule has 10 heteroatoms. The fourth-order valence-corrected chi connectivity index (χ4v) is 4.19.